The standard InChI is InChI=1S/C16H13ClF2N4O3/c1-22-6-10-5-20-15(17)21-14(10)23(8-12(22)24)7-9-3-2-4-11-13(9)26-16(18,19)25-11/h2-5H,6-8H2,1H3. The third-order valence-electron chi connectivity index (χ3n) is 4.14. The summed E-state index contributed by atoms with van der Waals surface area (Å²) >= 11 is 5.91. The fourth-order valence-corrected chi connectivity index (χ4v) is 3.08. The van der Waals surface area contributed by atoms with Crippen LogP contribution in [0.15, 0.2) is 24.4 Å². The van der Waals surface area contributed by atoms with Crippen LogP contribution in [-0.2, 0) is 17.9 Å². The van der Waals surface area contributed by atoms with E-state index in [9.17, 15) is 13.6 Å². The number of carbonyl (C=O) groups excluding carboxylic acids is 1. The molecule has 0 aliphatic carbocycles. The number of nitrogens with zero attached hydrogens (tertiary/aromatic N) is 4. The van der Waals surface area contributed by atoms with Gasteiger partial charge in [-0.25, -0.2) is 9.97 Å². The summed E-state index contributed by atoms with van der Waals surface area (Å²) in [5, 5.41) is 0.0372. The highest BCUT2D eigenvalue weighted by Crippen LogP contribution is 2.44. The van der Waals surface area contributed by atoms with E-state index in [0.717, 1.165) is 0 Å². The molecule has 0 unspecified atom stereocenters. The van der Waals surface area contributed by atoms with Crippen LogP contribution in [0.3, 0.4) is 0 Å². The number of anilines is 1. The number of benzene rings is 1. The third-order valence-corrected chi connectivity index (χ3v) is 4.32. The first-order chi connectivity index (χ1) is 12.3. The summed E-state index contributed by atoms with van der Waals surface area (Å²) in [5.41, 5.74) is 1.15. The molecule has 10 heteroatoms. The molecule has 26 heavy (non-hydrogen) atoms. The lowest BCUT2D eigenvalue weighted by Gasteiger charge is -2.23. The maximum Gasteiger partial charge on any atom is 0.586 e. The molecule has 7 nitrogen and oxygen atoms in total. The molecule has 0 atom stereocenters. The Kier molecular flexibility index (Phi) is 3.83. The number of alkyl halides is 2. The van der Waals surface area contributed by atoms with Crippen LogP contribution in [0, 0.1) is 0 Å². The summed E-state index contributed by atoms with van der Waals surface area (Å²) in [5.74, 6) is 0.233. The average Bonchev–Trinajstić information content (AvgIpc) is 2.84. The predicted octanol–water partition coefficient (Wildman–Crippen LogP) is 2.43. The summed E-state index contributed by atoms with van der Waals surface area (Å²) in [6, 6.07) is 4.61. The second kappa shape index (κ2) is 5.94. The Balaban J connectivity index is 1.72. The summed E-state index contributed by atoms with van der Waals surface area (Å²) in [4.78, 5) is 23.7. The minimum absolute atomic E-state index is 0.0117. The molecule has 1 amide bonds. The maximum absolute atomic E-state index is 13.4. The highest BCUT2D eigenvalue weighted by Gasteiger charge is 2.44. The molecular formula is C16H13ClF2N4O3. The van der Waals surface area contributed by atoms with Gasteiger partial charge in [-0.3, -0.25) is 4.79 Å². The molecule has 1 aromatic carbocycles. The number of amides is 1. The van der Waals surface area contributed by atoms with Crippen molar-refractivity contribution in [3.05, 3.63) is 40.8 Å². The molecule has 0 saturated carbocycles. The number of rotatable bonds is 2. The van der Waals surface area contributed by atoms with Crippen LogP contribution in [0.2, 0.25) is 5.28 Å². The number of halogens is 3. The van der Waals surface area contributed by atoms with Crippen LogP contribution < -0.4 is 14.4 Å². The normalized spacial score (nSPS) is 17.9. The van der Waals surface area contributed by atoms with Crippen LogP contribution in [0.4, 0.5) is 14.6 Å². The molecule has 2 aromatic rings. The second-order valence-corrected chi connectivity index (χ2v) is 6.34. The lowest BCUT2D eigenvalue weighted by molar-refractivity contribution is -0.286. The fourth-order valence-electron chi connectivity index (χ4n) is 2.95. The van der Waals surface area contributed by atoms with Gasteiger partial charge in [0.15, 0.2) is 11.5 Å². The van der Waals surface area contributed by atoms with E-state index >= 15 is 0 Å². The van der Waals surface area contributed by atoms with Crippen molar-refractivity contribution in [3.63, 3.8) is 0 Å². The molecule has 0 radical (unpaired) electrons. The summed E-state index contributed by atoms with van der Waals surface area (Å²) < 4.78 is 35.9. The number of ether oxygens (including phenoxy) is 2. The second-order valence-electron chi connectivity index (χ2n) is 6.01. The number of hydrogen-bond acceptors (Lipinski definition) is 6. The summed E-state index contributed by atoms with van der Waals surface area (Å²) in [7, 11) is 1.67. The molecule has 1 aromatic heterocycles. The third kappa shape index (κ3) is 2.98. The molecule has 0 spiro atoms. The van der Waals surface area contributed by atoms with Crippen molar-refractivity contribution in [2.75, 3.05) is 18.5 Å². The Labute approximate surface area is 152 Å². The Morgan fingerprint density at radius 3 is 2.92 bits per heavy atom. The van der Waals surface area contributed by atoms with E-state index < -0.39 is 6.29 Å². The molecule has 3 heterocycles. The first kappa shape index (κ1) is 16.8. The Hall–Kier alpha value is -2.68. The molecule has 0 saturated heterocycles. The Morgan fingerprint density at radius 2 is 2.12 bits per heavy atom. The van der Waals surface area contributed by atoms with Crippen LogP contribution in [0.1, 0.15) is 11.1 Å². The number of aromatic nitrogens is 2. The Morgan fingerprint density at radius 1 is 1.31 bits per heavy atom. The van der Waals surface area contributed by atoms with Crippen molar-refractivity contribution in [3.8, 4) is 11.5 Å². The van der Waals surface area contributed by atoms with Gasteiger partial charge in [-0.1, -0.05) is 12.1 Å². The number of likely N-dealkylation sites (N-methyl/N-ethyl adjacent to an activating group) is 1. The van der Waals surface area contributed by atoms with Crippen LogP contribution in [0.25, 0.3) is 0 Å². The van der Waals surface area contributed by atoms with Gasteiger partial charge in [-0.2, -0.15) is 0 Å². The highest BCUT2D eigenvalue weighted by atomic mass is 35.5. The zero-order chi connectivity index (χ0) is 18.5. The van der Waals surface area contributed by atoms with Crippen molar-refractivity contribution in [1.82, 2.24) is 14.9 Å². The van der Waals surface area contributed by atoms with E-state index in [4.69, 9.17) is 11.6 Å². The molecule has 0 fully saturated rings. The number of fused-ring (bicyclic) bond motifs is 2. The first-order valence-corrected chi connectivity index (χ1v) is 8.08. The van der Waals surface area contributed by atoms with Gasteiger partial charge in [-0.05, 0) is 17.7 Å². The van der Waals surface area contributed by atoms with E-state index in [-0.39, 0.29) is 35.8 Å². The zero-order valence-electron chi connectivity index (χ0n) is 13.6. The van der Waals surface area contributed by atoms with Gasteiger partial charge in [0.05, 0.1) is 13.1 Å². The van der Waals surface area contributed by atoms with E-state index in [1.807, 2.05) is 0 Å². The van der Waals surface area contributed by atoms with Gasteiger partial charge in [0.1, 0.15) is 5.82 Å². The highest BCUT2D eigenvalue weighted by molar-refractivity contribution is 6.28. The van der Waals surface area contributed by atoms with E-state index in [1.54, 1.807) is 35.2 Å². The zero-order valence-corrected chi connectivity index (χ0v) is 14.3. The number of carbonyl (C=O) groups is 1. The molecular weight excluding hydrogens is 370 g/mol. The molecule has 0 bridgehead atoms. The average molecular weight is 383 g/mol. The molecule has 136 valence electrons. The quantitative estimate of drug-likeness (QED) is 0.743. The van der Waals surface area contributed by atoms with Crippen LogP contribution >= 0.6 is 11.6 Å². The smallest absolute Gasteiger partial charge is 0.395 e. The molecule has 4 rings (SSSR count). The van der Waals surface area contributed by atoms with Gasteiger partial charge in [0.25, 0.3) is 0 Å². The predicted molar refractivity (Wildman–Crippen MR) is 87.2 cm³/mol. The van der Waals surface area contributed by atoms with Gasteiger partial charge >= 0.3 is 6.29 Å². The lowest BCUT2D eigenvalue weighted by Crippen LogP contribution is -2.35. The van der Waals surface area contributed by atoms with Crippen LogP contribution in [-0.4, -0.2) is 40.7 Å². The van der Waals surface area contributed by atoms with Gasteiger partial charge in [0, 0.05) is 30.9 Å². The van der Waals surface area contributed by atoms with Crippen molar-refractivity contribution >= 4 is 23.3 Å². The van der Waals surface area contributed by atoms with Gasteiger partial charge in [-0.15, -0.1) is 8.78 Å². The maximum atomic E-state index is 13.4. The fraction of sp³-hybridized carbons (Fsp3) is 0.312. The van der Waals surface area contributed by atoms with Crippen molar-refractivity contribution in [2.24, 2.45) is 0 Å². The topological polar surface area (TPSA) is 67.8 Å². The van der Waals surface area contributed by atoms with Crippen LogP contribution in [0.5, 0.6) is 11.5 Å². The Bertz CT molecular complexity index is 896. The number of para-hydroxylation sites is 1. The largest absolute Gasteiger partial charge is 0.586 e. The van der Waals surface area contributed by atoms with Crippen molar-refractivity contribution in [2.45, 2.75) is 19.4 Å². The SMILES string of the molecule is CN1Cc2cnc(Cl)nc2N(Cc2cccc3c2OC(F)(F)O3)CC1=O. The first-order valence-electron chi connectivity index (χ1n) is 7.70. The van der Waals surface area contributed by atoms with E-state index in [0.29, 0.717) is 23.5 Å². The summed E-state index contributed by atoms with van der Waals surface area (Å²) in [6.45, 7) is 0.451. The van der Waals surface area contributed by atoms with Gasteiger partial charge < -0.3 is 19.3 Å². The van der Waals surface area contributed by atoms with E-state index in [1.165, 1.54) is 6.07 Å². The minimum atomic E-state index is -3.71. The number of hydrogen-bond donors (Lipinski definition) is 0. The molecule has 2 aliphatic heterocycles. The lowest BCUT2D eigenvalue weighted by atomic mass is 10.1. The van der Waals surface area contributed by atoms with Crippen molar-refractivity contribution in [1.29, 1.82) is 0 Å². The molecule has 2 aliphatic rings. The minimum Gasteiger partial charge on any atom is -0.395 e. The molecule has 0 N–H and O–H groups in total. The monoisotopic (exact) mass is 382 g/mol. The van der Waals surface area contributed by atoms with Crippen molar-refractivity contribution < 1.29 is 23.0 Å². The summed E-state index contributed by atoms with van der Waals surface area (Å²) in [6.07, 6.45) is -2.16. The van der Waals surface area contributed by atoms with E-state index in [2.05, 4.69) is 19.4 Å². The van der Waals surface area contributed by atoms with Gasteiger partial charge in [0.2, 0.25) is 11.2 Å².